The zero-order valence-corrected chi connectivity index (χ0v) is 9.98. The number of hydrogen-bond acceptors (Lipinski definition) is 3. The molecule has 0 radical (unpaired) electrons. The van der Waals surface area contributed by atoms with Gasteiger partial charge in [0.25, 0.3) is 0 Å². The summed E-state index contributed by atoms with van der Waals surface area (Å²) in [6.07, 6.45) is 3.32. The first kappa shape index (κ1) is 12.0. The predicted molar refractivity (Wildman–Crippen MR) is 57.2 cm³/mol. The molecule has 0 aliphatic carbocycles. The van der Waals surface area contributed by atoms with Crippen LogP contribution >= 0.6 is 0 Å². The first-order valence-corrected chi connectivity index (χ1v) is 5.17. The van der Waals surface area contributed by atoms with Crippen molar-refractivity contribution in [3.63, 3.8) is 0 Å². The smallest absolute Gasteiger partial charge is 0.435 e. The largest absolute Gasteiger partial charge is 0.442 e. The molecule has 0 bridgehead atoms. The van der Waals surface area contributed by atoms with E-state index in [9.17, 15) is 4.79 Å². The van der Waals surface area contributed by atoms with Gasteiger partial charge in [0, 0.05) is 0 Å². The number of hydrogen-bond donors (Lipinski definition) is 0. The van der Waals surface area contributed by atoms with Crippen molar-refractivity contribution >= 4 is 6.09 Å². The molecule has 0 saturated heterocycles. The molecule has 0 spiro atoms. The molecule has 0 aromatic carbocycles. The molecule has 0 unspecified atom stereocenters. The number of carbonyl (C=O) groups excluding carboxylic acids is 1. The second-order valence-electron chi connectivity index (χ2n) is 4.74. The van der Waals surface area contributed by atoms with E-state index in [2.05, 4.69) is 0 Å². The highest BCUT2D eigenvalue weighted by molar-refractivity contribution is 5.67. The molecule has 4 nitrogen and oxygen atoms in total. The second kappa shape index (κ2) is 4.23. The Morgan fingerprint density at radius 1 is 1.33 bits per heavy atom. The minimum atomic E-state index is -0.495. The fourth-order valence-corrected chi connectivity index (χ4v) is 1.22. The van der Waals surface area contributed by atoms with Crippen LogP contribution in [-0.4, -0.2) is 28.9 Å². The van der Waals surface area contributed by atoms with E-state index in [4.69, 9.17) is 9.57 Å². The zero-order chi connectivity index (χ0) is 11.6. The van der Waals surface area contributed by atoms with Gasteiger partial charge in [-0.2, -0.15) is 5.06 Å². The Hall–Kier alpha value is -1.03. The molecule has 1 aliphatic rings. The normalized spacial score (nSPS) is 26.6. The lowest BCUT2D eigenvalue weighted by atomic mass is 10.2. The second-order valence-corrected chi connectivity index (χ2v) is 4.74. The summed E-state index contributed by atoms with van der Waals surface area (Å²) in [5.41, 5.74) is -0.495. The average Bonchev–Trinajstić information content (AvgIpc) is 2.06. The van der Waals surface area contributed by atoms with Crippen LogP contribution in [0.15, 0.2) is 12.2 Å². The highest BCUT2D eigenvalue weighted by atomic mass is 16.7. The van der Waals surface area contributed by atoms with E-state index >= 15 is 0 Å². The average molecular weight is 213 g/mol. The van der Waals surface area contributed by atoms with Crippen LogP contribution in [0.3, 0.4) is 0 Å². The third-order valence-electron chi connectivity index (χ3n) is 1.88. The van der Waals surface area contributed by atoms with Gasteiger partial charge >= 0.3 is 6.09 Å². The Balaban J connectivity index is 2.64. The number of hydroxylamine groups is 2. The molecule has 2 atom stereocenters. The Labute approximate surface area is 90.8 Å². The van der Waals surface area contributed by atoms with Gasteiger partial charge in [-0.1, -0.05) is 12.2 Å². The Morgan fingerprint density at radius 3 is 2.47 bits per heavy atom. The quantitative estimate of drug-likeness (QED) is 0.580. The molecule has 0 aromatic heterocycles. The minimum Gasteiger partial charge on any atom is -0.442 e. The molecule has 1 aliphatic heterocycles. The van der Waals surface area contributed by atoms with E-state index in [-0.39, 0.29) is 12.1 Å². The highest BCUT2D eigenvalue weighted by Gasteiger charge is 2.29. The van der Waals surface area contributed by atoms with Gasteiger partial charge in [0.1, 0.15) is 11.7 Å². The number of carbonyl (C=O) groups is 1. The van der Waals surface area contributed by atoms with E-state index in [0.717, 1.165) is 0 Å². The van der Waals surface area contributed by atoms with E-state index in [1.807, 2.05) is 46.8 Å². The number of rotatable bonds is 0. The summed E-state index contributed by atoms with van der Waals surface area (Å²) in [7, 11) is 0. The molecular weight excluding hydrogens is 194 g/mol. The maximum Gasteiger partial charge on any atom is 0.435 e. The Morgan fingerprint density at radius 2 is 1.93 bits per heavy atom. The van der Waals surface area contributed by atoms with Crippen LogP contribution < -0.4 is 0 Å². The van der Waals surface area contributed by atoms with Gasteiger partial charge in [0.15, 0.2) is 0 Å². The van der Waals surface area contributed by atoms with Crippen LogP contribution in [0.5, 0.6) is 0 Å². The summed E-state index contributed by atoms with van der Waals surface area (Å²) in [6.45, 7) is 9.25. The molecule has 1 heterocycles. The molecule has 1 amide bonds. The van der Waals surface area contributed by atoms with Gasteiger partial charge < -0.3 is 4.74 Å². The van der Waals surface area contributed by atoms with Gasteiger partial charge in [-0.3, -0.25) is 4.84 Å². The molecule has 0 saturated carbocycles. The van der Waals surface area contributed by atoms with Crippen LogP contribution in [0.4, 0.5) is 4.79 Å². The third kappa shape index (κ3) is 3.55. The lowest BCUT2D eigenvalue weighted by molar-refractivity contribution is -0.182. The van der Waals surface area contributed by atoms with Crippen molar-refractivity contribution in [2.45, 2.75) is 52.4 Å². The van der Waals surface area contributed by atoms with E-state index in [1.54, 1.807) is 0 Å². The van der Waals surface area contributed by atoms with Gasteiger partial charge in [-0.05, 0) is 34.6 Å². The van der Waals surface area contributed by atoms with Gasteiger partial charge in [-0.15, -0.1) is 0 Å². The SMILES string of the molecule is C[C@H]1C=C[C@H](C)N(C(=O)OC(C)(C)C)O1. The summed E-state index contributed by atoms with van der Waals surface area (Å²) < 4.78 is 5.22. The van der Waals surface area contributed by atoms with Crippen molar-refractivity contribution in [2.75, 3.05) is 0 Å². The maximum atomic E-state index is 11.7. The first-order chi connectivity index (χ1) is 6.79. The topological polar surface area (TPSA) is 38.8 Å². The summed E-state index contributed by atoms with van der Waals surface area (Å²) in [5, 5.41) is 1.27. The minimum absolute atomic E-state index is 0.0870. The molecule has 4 heteroatoms. The van der Waals surface area contributed by atoms with Crippen molar-refractivity contribution in [3.8, 4) is 0 Å². The number of amides is 1. The van der Waals surface area contributed by atoms with Crippen LogP contribution in [0.1, 0.15) is 34.6 Å². The van der Waals surface area contributed by atoms with Gasteiger partial charge in [0.2, 0.25) is 0 Å². The van der Waals surface area contributed by atoms with Gasteiger partial charge in [-0.25, -0.2) is 4.79 Å². The fourth-order valence-electron chi connectivity index (χ4n) is 1.22. The molecule has 0 fully saturated rings. The van der Waals surface area contributed by atoms with Crippen LogP contribution in [0.25, 0.3) is 0 Å². The van der Waals surface area contributed by atoms with Crippen LogP contribution in [0, 0.1) is 0 Å². The third-order valence-corrected chi connectivity index (χ3v) is 1.88. The molecule has 15 heavy (non-hydrogen) atoms. The zero-order valence-electron chi connectivity index (χ0n) is 9.98. The number of ether oxygens (including phenoxy) is 1. The van der Waals surface area contributed by atoms with Crippen LogP contribution in [-0.2, 0) is 9.57 Å². The number of nitrogens with zero attached hydrogens (tertiary/aromatic N) is 1. The van der Waals surface area contributed by atoms with Crippen molar-refractivity contribution in [2.24, 2.45) is 0 Å². The molecule has 0 aromatic rings. The van der Waals surface area contributed by atoms with Crippen molar-refractivity contribution < 1.29 is 14.4 Å². The van der Waals surface area contributed by atoms with Gasteiger partial charge in [0.05, 0.1) is 6.04 Å². The Bertz CT molecular complexity index is 267. The van der Waals surface area contributed by atoms with Crippen molar-refractivity contribution in [1.29, 1.82) is 0 Å². The Kier molecular flexibility index (Phi) is 3.39. The standard InChI is InChI=1S/C11H19NO3/c1-8-6-7-9(2)15-12(8)10(13)14-11(3,4)5/h6-9H,1-5H3/t8-,9-/m0/s1. The summed E-state index contributed by atoms with van der Waals surface area (Å²) in [4.78, 5) is 17.1. The summed E-state index contributed by atoms with van der Waals surface area (Å²) in [6, 6.07) is -0.0870. The van der Waals surface area contributed by atoms with E-state index in [0.29, 0.717) is 0 Å². The molecule has 1 rings (SSSR count). The molecule has 86 valence electrons. The fraction of sp³-hybridized carbons (Fsp3) is 0.727. The van der Waals surface area contributed by atoms with Crippen molar-refractivity contribution in [1.82, 2.24) is 5.06 Å². The van der Waals surface area contributed by atoms with E-state index < -0.39 is 11.7 Å². The van der Waals surface area contributed by atoms with Crippen LogP contribution in [0.2, 0.25) is 0 Å². The highest BCUT2D eigenvalue weighted by Crippen LogP contribution is 2.17. The first-order valence-electron chi connectivity index (χ1n) is 5.17. The monoisotopic (exact) mass is 213 g/mol. The molecule has 0 N–H and O–H groups in total. The lowest BCUT2D eigenvalue weighted by Crippen LogP contribution is -2.44. The van der Waals surface area contributed by atoms with E-state index in [1.165, 1.54) is 5.06 Å². The summed E-state index contributed by atoms with van der Waals surface area (Å²) in [5.74, 6) is 0. The lowest BCUT2D eigenvalue weighted by Gasteiger charge is -2.33. The maximum absolute atomic E-state index is 11.7. The predicted octanol–water partition coefficient (Wildman–Crippen LogP) is 2.50. The summed E-state index contributed by atoms with van der Waals surface area (Å²) >= 11 is 0. The van der Waals surface area contributed by atoms with Crippen molar-refractivity contribution in [3.05, 3.63) is 12.2 Å². The molecular formula is C11H19NO3.